The van der Waals surface area contributed by atoms with Gasteiger partial charge in [-0.05, 0) is 85.2 Å². The van der Waals surface area contributed by atoms with Gasteiger partial charge in [0.25, 0.3) is 5.56 Å². The molecule has 5 N–H and O–H groups in total. The number of nitrogens with zero attached hydrogens (tertiary/aromatic N) is 5. The van der Waals surface area contributed by atoms with Crippen LogP contribution in [0.2, 0.25) is 0 Å². The van der Waals surface area contributed by atoms with E-state index in [1.165, 1.54) is 4.68 Å². The first kappa shape index (κ1) is 61.0. The van der Waals surface area contributed by atoms with Gasteiger partial charge < -0.3 is 64.5 Å². The average molecular weight is 1080 g/mol. The average Bonchev–Trinajstić information content (AvgIpc) is 3.97. The third-order valence-electron chi connectivity index (χ3n) is 12.7. The van der Waals surface area contributed by atoms with Crippen molar-refractivity contribution in [1.82, 2.24) is 35.3 Å². The highest BCUT2D eigenvalue weighted by atomic mass is 16.6. The van der Waals surface area contributed by atoms with Crippen molar-refractivity contribution in [2.45, 2.75) is 77.0 Å². The maximum atomic E-state index is 14.1. The zero-order chi connectivity index (χ0) is 54.8. The molecule has 21 nitrogen and oxygen atoms in total. The van der Waals surface area contributed by atoms with Gasteiger partial charge in [0.15, 0.2) is 0 Å². The Kier molecular flexibility index (Phi) is 28.1. The lowest BCUT2D eigenvalue weighted by Gasteiger charge is -2.17. The molecule has 0 fully saturated rings. The molecule has 1 aliphatic heterocycles. The SMILES string of the molecule is COCCOCCOCCOCCOCCOCCOCCOCCC(=O)NCCCC[C@H](N)C(=O)NCCCCCCn1nc(-c2ccc(NC(=O)N3Cc4ccncc4C3)cc2)cc(-c2cccc3ncccc23)c1=O. The third-order valence-corrected chi connectivity index (χ3v) is 12.7. The summed E-state index contributed by atoms with van der Waals surface area (Å²) in [6.45, 7) is 9.49. The number of carbonyl (C=O) groups excluding carboxylic acids is 3. The predicted octanol–water partition coefficient (Wildman–Crippen LogP) is 5.51. The number of aromatic nitrogens is 4. The maximum Gasteiger partial charge on any atom is 0.322 e. The molecule has 4 amide bonds. The van der Waals surface area contributed by atoms with E-state index in [1.54, 1.807) is 30.6 Å². The molecule has 1 aliphatic rings. The molecule has 4 heterocycles. The summed E-state index contributed by atoms with van der Waals surface area (Å²) in [5.41, 5.74) is 12.3. The van der Waals surface area contributed by atoms with Gasteiger partial charge in [0.1, 0.15) is 0 Å². The number of fused-ring (bicyclic) bond motifs is 2. The Morgan fingerprint density at radius 1 is 0.641 bits per heavy atom. The summed E-state index contributed by atoms with van der Waals surface area (Å²) < 4.78 is 44.7. The number of unbranched alkanes of at least 4 members (excludes halogenated alkanes) is 4. The summed E-state index contributed by atoms with van der Waals surface area (Å²) in [6.07, 6.45) is 10.6. The van der Waals surface area contributed by atoms with Crippen molar-refractivity contribution in [2.24, 2.45) is 5.73 Å². The second kappa shape index (κ2) is 36.0. The summed E-state index contributed by atoms with van der Waals surface area (Å²) in [4.78, 5) is 62.6. The van der Waals surface area contributed by atoms with Gasteiger partial charge in [0.2, 0.25) is 11.8 Å². The number of amides is 4. The molecule has 78 heavy (non-hydrogen) atoms. The fourth-order valence-electron chi connectivity index (χ4n) is 8.40. The van der Waals surface area contributed by atoms with E-state index < -0.39 is 6.04 Å². The second-order valence-electron chi connectivity index (χ2n) is 18.5. The number of hydrogen-bond acceptors (Lipinski definition) is 16. The minimum absolute atomic E-state index is 0.0982. The number of anilines is 1. The number of ether oxygens (including phenoxy) is 8. The Balaban J connectivity index is 0.776. The normalized spacial score (nSPS) is 12.5. The highest BCUT2D eigenvalue weighted by Gasteiger charge is 2.23. The zero-order valence-electron chi connectivity index (χ0n) is 45.2. The van der Waals surface area contributed by atoms with Crippen LogP contribution in [0, 0.1) is 0 Å². The molecule has 0 radical (unpaired) electrons. The van der Waals surface area contributed by atoms with Crippen molar-refractivity contribution >= 4 is 34.4 Å². The molecular weight excluding hydrogens is 1000 g/mol. The minimum atomic E-state index is -0.633. The lowest BCUT2D eigenvalue weighted by Crippen LogP contribution is -2.41. The van der Waals surface area contributed by atoms with Crippen molar-refractivity contribution in [3.8, 4) is 22.4 Å². The molecule has 6 rings (SSSR count). The quantitative estimate of drug-likeness (QED) is 0.0353. The molecule has 424 valence electrons. The number of nitrogens with one attached hydrogen (secondary N) is 3. The smallest absolute Gasteiger partial charge is 0.322 e. The van der Waals surface area contributed by atoms with Crippen molar-refractivity contribution in [2.75, 3.05) is 125 Å². The van der Waals surface area contributed by atoms with E-state index in [4.69, 9.17) is 48.7 Å². The van der Waals surface area contributed by atoms with Gasteiger partial charge in [-0.2, -0.15) is 5.10 Å². The lowest BCUT2D eigenvalue weighted by molar-refractivity contribution is -0.123. The number of nitrogens with two attached hydrogens (primary N) is 1. The Morgan fingerprint density at radius 3 is 1.92 bits per heavy atom. The van der Waals surface area contributed by atoms with Crippen molar-refractivity contribution < 1.29 is 52.3 Å². The van der Waals surface area contributed by atoms with Crippen LogP contribution in [0.5, 0.6) is 0 Å². The highest BCUT2D eigenvalue weighted by Crippen LogP contribution is 2.29. The van der Waals surface area contributed by atoms with E-state index in [2.05, 4.69) is 25.9 Å². The highest BCUT2D eigenvalue weighted by molar-refractivity contribution is 5.95. The first-order chi connectivity index (χ1) is 38.3. The molecule has 0 spiro atoms. The van der Waals surface area contributed by atoms with E-state index in [0.717, 1.165) is 52.4 Å². The number of benzene rings is 2. The number of urea groups is 1. The molecule has 0 aliphatic carbocycles. The largest absolute Gasteiger partial charge is 0.382 e. The zero-order valence-corrected chi connectivity index (χ0v) is 45.2. The summed E-state index contributed by atoms with van der Waals surface area (Å²) in [7, 11) is 1.64. The van der Waals surface area contributed by atoms with Crippen molar-refractivity contribution in [3.63, 3.8) is 0 Å². The monoisotopic (exact) mass is 1080 g/mol. The number of aryl methyl sites for hydroxylation is 1. The molecule has 1 atom stereocenters. The topological polar surface area (TPSA) is 251 Å². The van der Waals surface area contributed by atoms with Crippen molar-refractivity contribution in [3.05, 3.63) is 107 Å². The standard InChI is InChI=1S/C57H79N9O12/c1-71-26-27-73-30-31-75-34-35-77-38-39-78-37-36-76-33-32-74-29-28-72-25-19-54(67)61-20-6-4-12-51(58)55(68)62-21-5-2-3-7-24-66-56(69)50(48-10-8-13-52-49(48)11-9-22-60-52)40-53(64-66)44-14-16-47(17-15-44)63-57(70)65-42-45-18-23-59-41-46(45)43-65/h8-11,13-18,22-23,40-41,51H,2-7,12,19-21,24-39,42-43,58H2,1H3,(H,61,67)(H,62,68)(H,63,70)/t51-/m0/s1. The molecule has 3 aromatic heterocycles. The molecule has 21 heteroatoms. The number of methoxy groups -OCH3 is 1. The van der Waals surface area contributed by atoms with Crippen LogP contribution in [0.1, 0.15) is 62.5 Å². The van der Waals surface area contributed by atoms with Crippen LogP contribution in [0.3, 0.4) is 0 Å². The summed E-state index contributed by atoms with van der Waals surface area (Å²) in [6, 6.07) is 20.0. The van der Waals surface area contributed by atoms with Crippen LogP contribution in [0.15, 0.2) is 90.1 Å². The second-order valence-corrected chi connectivity index (χ2v) is 18.5. The van der Waals surface area contributed by atoms with E-state index >= 15 is 0 Å². The van der Waals surface area contributed by atoms with E-state index in [-0.39, 0.29) is 29.8 Å². The summed E-state index contributed by atoms with van der Waals surface area (Å²) >= 11 is 0. The van der Waals surface area contributed by atoms with E-state index in [0.29, 0.717) is 174 Å². The van der Waals surface area contributed by atoms with Gasteiger partial charge in [-0.15, -0.1) is 0 Å². The molecule has 0 saturated carbocycles. The Labute approximate surface area is 457 Å². The Morgan fingerprint density at radius 2 is 1.26 bits per heavy atom. The van der Waals surface area contributed by atoms with Crippen LogP contribution in [0.25, 0.3) is 33.3 Å². The summed E-state index contributed by atoms with van der Waals surface area (Å²) in [5, 5.41) is 14.5. The van der Waals surface area contributed by atoms with Crippen LogP contribution in [0.4, 0.5) is 10.5 Å². The Hall–Kier alpha value is -6.27. The number of rotatable bonds is 40. The fraction of sp³-hybridized carbons (Fsp3) is 0.526. The predicted molar refractivity (Wildman–Crippen MR) is 296 cm³/mol. The minimum Gasteiger partial charge on any atom is -0.382 e. The van der Waals surface area contributed by atoms with Crippen LogP contribution in [-0.4, -0.2) is 168 Å². The van der Waals surface area contributed by atoms with Crippen LogP contribution >= 0.6 is 0 Å². The van der Waals surface area contributed by atoms with Gasteiger partial charge in [-0.3, -0.25) is 24.4 Å². The Bertz CT molecular complexity index is 2580. The van der Waals surface area contributed by atoms with Gasteiger partial charge in [-0.25, -0.2) is 9.48 Å². The van der Waals surface area contributed by atoms with Crippen molar-refractivity contribution in [1.29, 1.82) is 0 Å². The van der Waals surface area contributed by atoms with E-state index in [1.807, 2.05) is 66.7 Å². The van der Waals surface area contributed by atoms with Gasteiger partial charge in [0, 0.05) is 81.5 Å². The third kappa shape index (κ3) is 21.9. The molecule has 5 aromatic rings. The molecular formula is C57H79N9O12. The maximum absolute atomic E-state index is 14.1. The van der Waals surface area contributed by atoms with Crippen LogP contribution < -0.4 is 27.2 Å². The number of pyridine rings is 2. The first-order valence-electron chi connectivity index (χ1n) is 27.2. The lowest BCUT2D eigenvalue weighted by atomic mass is 10.00. The molecule has 0 saturated heterocycles. The number of hydrogen-bond donors (Lipinski definition) is 4. The molecule has 2 aromatic carbocycles. The first-order valence-corrected chi connectivity index (χ1v) is 27.2. The summed E-state index contributed by atoms with van der Waals surface area (Å²) in [5.74, 6) is -0.293. The van der Waals surface area contributed by atoms with Gasteiger partial charge >= 0.3 is 6.03 Å². The van der Waals surface area contributed by atoms with Crippen LogP contribution in [-0.2, 0) is 67.1 Å². The van der Waals surface area contributed by atoms with E-state index in [9.17, 15) is 19.2 Å². The molecule has 0 bridgehead atoms. The number of carbonyl (C=O) groups is 3. The molecule has 0 unspecified atom stereocenters. The van der Waals surface area contributed by atoms with Gasteiger partial charge in [-0.1, -0.05) is 43.2 Å². The fourth-order valence-corrected chi connectivity index (χ4v) is 8.40. The van der Waals surface area contributed by atoms with Gasteiger partial charge in [0.05, 0.1) is 122 Å².